The van der Waals surface area contributed by atoms with Crippen molar-refractivity contribution in [2.24, 2.45) is 16.6 Å². The van der Waals surface area contributed by atoms with Crippen molar-refractivity contribution in [1.29, 1.82) is 0 Å². The van der Waals surface area contributed by atoms with Gasteiger partial charge in [0.15, 0.2) is 5.96 Å². The molecule has 0 atom stereocenters. The molecule has 1 aliphatic heterocycles. The molecule has 0 amide bonds. The van der Waals surface area contributed by atoms with Crippen LogP contribution in [0.25, 0.3) is 0 Å². The Morgan fingerprint density at radius 2 is 1.75 bits per heavy atom. The monoisotopic (exact) mass is 444 g/mol. The number of likely N-dealkylation sites (tertiary alicyclic amines) is 1. The van der Waals surface area contributed by atoms with Gasteiger partial charge in [-0.05, 0) is 43.0 Å². The van der Waals surface area contributed by atoms with Gasteiger partial charge < -0.3 is 11.1 Å². The average Bonchev–Trinajstić information content (AvgIpc) is 2.81. The second-order valence-corrected chi connectivity index (χ2v) is 6.94. The number of nitrogens with two attached hydrogens (primary N) is 1. The van der Waals surface area contributed by atoms with Gasteiger partial charge in [-0.25, -0.2) is 4.99 Å². The maximum atomic E-state index is 5.95. The Balaban J connectivity index is 0.00000288. The number of nitrogens with one attached hydrogen (secondary N) is 1. The predicted octanol–water partition coefficient (Wildman–Crippen LogP) is 3.74. The Kier molecular flexibility index (Phi) is 10.3. The molecule has 0 bridgehead atoms. The molecule has 0 unspecified atom stereocenters. The van der Waals surface area contributed by atoms with Gasteiger partial charge in [0, 0.05) is 13.1 Å². The molecule has 0 aromatic heterocycles. The van der Waals surface area contributed by atoms with Gasteiger partial charge in [0.1, 0.15) is 0 Å². The van der Waals surface area contributed by atoms with Crippen molar-refractivity contribution in [3.05, 3.63) is 35.4 Å². The van der Waals surface area contributed by atoms with E-state index in [0.29, 0.717) is 18.4 Å². The van der Waals surface area contributed by atoms with Gasteiger partial charge in [-0.3, -0.25) is 4.90 Å². The van der Waals surface area contributed by atoms with Crippen molar-refractivity contribution in [3.8, 4) is 0 Å². The highest BCUT2D eigenvalue weighted by Crippen LogP contribution is 2.16. The third-order valence-electron chi connectivity index (χ3n) is 4.32. The van der Waals surface area contributed by atoms with E-state index in [4.69, 9.17) is 5.73 Å². The lowest BCUT2D eigenvalue weighted by Crippen LogP contribution is -2.34. The minimum absolute atomic E-state index is 0. The largest absolute Gasteiger partial charge is 0.370 e. The van der Waals surface area contributed by atoms with Crippen LogP contribution in [0, 0.1) is 5.92 Å². The molecule has 1 aromatic carbocycles. The number of hydrogen-bond donors (Lipinski definition) is 2. The molecule has 1 fully saturated rings. The van der Waals surface area contributed by atoms with Crippen LogP contribution >= 0.6 is 24.0 Å². The molecular formula is C19H33IN4. The van der Waals surface area contributed by atoms with Crippen LogP contribution in [0.5, 0.6) is 0 Å². The van der Waals surface area contributed by atoms with Crippen LogP contribution in [0.3, 0.4) is 0 Å². The molecule has 4 nitrogen and oxygen atoms in total. The summed E-state index contributed by atoms with van der Waals surface area (Å²) in [6.07, 6.45) is 5.40. The van der Waals surface area contributed by atoms with E-state index >= 15 is 0 Å². The standard InChI is InChI=1S/C19H32N4.HI/c1-16(2)13-21-19(20)22-14-17-9-5-6-10-18(17)15-23-11-7-3-4-8-12-23;/h5-6,9-10,16H,3-4,7-8,11-15H2,1-2H3,(H3,20,21,22);1H. The van der Waals surface area contributed by atoms with Gasteiger partial charge in [-0.2, -0.15) is 0 Å². The maximum Gasteiger partial charge on any atom is 0.188 e. The predicted molar refractivity (Wildman–Crippen MR) is 114 cm³/mol. The highest BCUT2D eigenvalue weighted by Gasteiger charge is 2.11. The SMILES string of the molecule is CC(C)CNC(N)=NCc1ccccc1CN1CCCCCC1.I. The van der Waals surface area contributed by atoms with Crippen LogP contribution in [-0.4, -0.2) is 30.5 Å². The molecule has 2 rings (SSSR count). The van der Waals surface area contributed by atoms with Gasteiger partial charge in [-0.1, -0.05) is 51.0 Å². The van der Waals surface area contributed by atoms with Gasteiger partial charge >= 0.3 is 0 Å². The molecule has 0 radical (unpaired) electrons. The molecular weight excluding hydrogens is 411 g/mol. The second-order valence-electron chi connectivity index (χ2n) is 6.94. The molecule has 0 spiro atoms. The molecule has 0 aliphatic carbocycles. The summed E-state index contributed by atoms with van der Waals surface area (Å²) < 4.78 is 0. The van der Waals surface area contributed by atoms with Crippen molar-refractivity contribution in [1.82, 2.24) is 10.2 Å². The number of aliphatic imine (C=N–C) groups is 1. The molecule has 5 heteroatoms. The van der Waals surface area contributed by atoms with E-state index in [1.54, 1.807) is 0 Å². The van der Waals surface area contributed by atoms with Crippen molar-refractivity contribution in [3.63, 3.8) is 0 Å². The van der Waals surface area contributed by atoms with Crippen LogP contribution in [0.1, 0.15) is 50.7 Å². The highest BCUT2D eigenvalue weighted by atomic mass is 127. The first-order valence-corrected chi connectivity index (χ1v) is 8.98. The third kappa shape index (κ3) is 7.83. The van der Waals surface area contributed by atoms with Crippen LogP contribution < -0.4 is 11.1 Å². The van der Waals surface area contributed by atoms with Crippen molar-refractivity contribution >= 4 is 29.9 Å². The molecule has 1 aromatic rings. The van der Waals surface area contributed by atoms with E-state index in [2.05, 4.69) is 53.3 Å². The second kappa shape index (κ2) is 11.7. The molecule has 3 N–H and O–H groups in total. The van der Waals surface area contributed by atoms with Crippen LogP contribution in [0.15, 0.2) is 29.3 Å². The lowest BCUT2D eigenvalue weighted by molar-refractivity contribution is 0.276. The smallest absolute Gasteiger partial charge is 0.188 e. The van der Waals surface area contributed by atoms with Gasteiger partial charge in [0.2, 0.25) is 0 Å². The quantitative estimate of drug-likeness (QED) is 0.399. The fraction of sp³-hybridized carbons (Fsp3) is 0.632. The average molecular weight is 444 g/mol. The zero-order valence-electron chi connectivity index (χ0n) is 15.1. The first-order chi connectivity index (χ1) is 11.1. The molecule has 1 heterocycles. The number of benzene rings is 1. The van der Waals surface area contributed by atoms with Gasteiger partial charge in [0.25, 0.3) is 0 Å². The number of rotatable bonds is 6. The Hall–Kier alpha value is -0.820. The summed E-state index contributed by atoms with van der Waals surface area (Å²) in [7, 11) is 0. The topological polar surface area (TPSA) is 53.6 Å². The van der Waals surface area contributed by atoms with Crippen LogP contribution in [-0.2, 0) is 13.1 Å². The van der Waals surface area contributed by atoms with Crippen LogP contribution in [0.4, 0.5) is 0 Å². The summed E-state index contributed by atoms with van der Waals surface area (Å²) in [5, 5.41) is 3.18. The molecule has 1 aliphatic rings. The Morgan fingerprint density at radius 3 is 2.38 bits per heavy atom. The fourth-order valence-corrected chi connectivity index (χ4v) is 2.94. The Morgan fingerprint density at radius 1 is 1.12 bits per heavy atom. The fourth-order valence-electron chi connectivity index (χ4n) is 2.94. The molecule has 136 valence electrons. The molecule has 0 saturated carbocycles. The summed E-state index contributed by atoms with van der Waals surface area (Å²) in [5.41, 5.74) is 8.62. The van der Waals surface area contributed by atoms with Crippen molar-refractivity contribution < 1.29 is 0 Å². The Labute approximate surface area is 164 Å². The van der Waals surface area contributed by atoms with E-state index in [9.17, 15) is 0 Å². The van der Waals surface area contributed by atoms with Crippen LogP contribution in [0.2, 0.25) is 0 Å². The normalized spacial score (nSPS) is 16.5. The minimum Gasteiger partial charge on any atom is -0.370 e. The summed E-state index contributed by atoms with van der Waals surface area (Å²) in [6.45, 7) is 9.32. The van der Waals surface area contributed by atoms with Gasteiger partial charge in [0.05, 0.1) is 6.54 Å². The zero-order chi connectivity index (χ0) is 16.5. The third-order valence-corrected chi connectivity index (χ3v) is 4.32. The van der Waals surface area contributed by atoms with E-state index < -0.39 is 0 Å². The number of halogens is 1. The number of hydrogen-bond acceptors (Lipinski definition) is 2. The van der Waals surface area contributed by atoms with E-state index in [-0.39, 0.29) is 24.0 Å². The Bertz CT molecular complexity index is 494. The van der Waals surface area contributed by atoms with E-state index in [1.807, 2.05) is 0 Å². The number of nitrogens with zero attached hydrogens (tertiary/aromatic N) is 2. The zero-order valence-corrected chi connectivity index (χ0v) is 17.5. The summed E-state index contributed by atoms with van der Waals surface area (Å²) >= 11 is 0. The minimum atomic E-state index is 0. The van der Waals surface area contributed by atoms with Crippen molar-refractivity contribution in [2.75, 3.05) is 19.6 Å². The van der Waals surface area contributed by atoms with E-state index in [1.165, 1.54) is 49.9 Å². The summed E-state index contributed by atoms with van der Waals surface area (Å²) in [6, 6.07) is 8.62. The summed E-state index contributed by atoms with van der Waals surface area (Å²) in [5.74, 6) is 1.11. The lowest BCUT2D eigenvalue weighted by atomic mass is 10.1. The first kappa shape index (κ1) is 21.2. The molecule has 24 heavy (non-hydrogen) atoms. The van der Waals surface area contributed by atoms with E-state index in [0.717, 1.165) is 13.1 Å². The van der Waals surface area contributed by atoms with Crippen molar-refractivity contribution in [2.45, 2.75) is 52.6 Å². The summed E-state index contributed by atoms with van der Waals surface area (Å²) in [4.78, 5) is 7.08. The lowest BCUT2D eigenvalue weighted by Gasteiger charge is -2.21. The highest BCUT2D eigenvalue weighted by molar-refractivity contribution is 14.0. The molecule has 1 saturated heterocycles. The van der Waals surface area contributed by atoms with Gasteiger partial charge in [-0.15, -0.1) is 24.0 Å². The first-order valence-electron chi connectivity index (χ1n) is 8.98. The maximum absolute atomic E-state index is 5.95. The number of guanidine groups is 1.